The van der Waals surface area contributed by atoms with Crippen molar-refractivity contribution in [2.24, 2.45) is 5.92 Å². The molecule has 2 aromatic rings. The second kappa shape index (κ2) is 10.5. The molecule has 2 aromatic carbocycles. The maximum atomic E-state index is 12.0. The lowest BCUT2D eigenvalue weighted by atomic mass is 10.1. The van der Waals surface area contributed by atoms with E-state index in [1.165, 1.54) is 12.1 Å². The molecule has 2 unspecified atom stereocenters. The highest BCUT2D eigenvalue weighted by Crippen LogP contribution is 2.25. The van der Waals surface area contributed by atoms with E-state index in [1.54, 1.807) is 18.2 Å². The second-order valence-electron chi connectivity index (χ2n) is 7.98. The number of benzene rings is 2. The standard InChI is InChI=1S/C23H27ClN2O4S/c1-17-10-20(15-26(17)7-6-18-11-19(14-25)13-21(24)12-18)16-30-22-2-4-23(5-3-22)31(28,29)9-8-27/h2-5,11-13,17,20,27H,6-10,15-16H2,1H3. The van der Waals surface area contributed by atoms with Gasteiger partial charge in [0.25, 0.3) is 0 Å². The average molecular weight is 463 g/mol. The summed E-state index contributed by atoms with van der Waals surface area (Å²) in [6.07, 6.45) is 1.86. The summed E-state index contributed by atoms with van der Waals surface area (Å²) in [4.78, 5) is 2.61. The molecule has 0 spiro atoms. The van der Waals surface area contributed by atoms with Crippen LogP contribution in [0.1, 0.15) is 24.5 Å². The lowest BCUT2D eigenvalue weighted by Crippen LogP contribution is -2.29. The van der Waals surface area contributed by atoms with Crippen molar-refractivity contribution in [3.05, 3.63) is 58.6 Å². The van der Waals surface area contributed by atoms with Crippen LogP contribution < -0.4 is 4.74 Å². The minimum atomic E-state index is -3.45. The van der Waals surface area contributed by atoms with Crippen LogP contribution >= 0.6 is 11.6 Å². The molecule has 6 nitrogen and oxygen atoms in total. The van der Waals surface area contributed by atoms with Crippen LogP contribution in [-0.4, -0.2) is 56.5 Å². The number of aliphatic hydroxyl groups is 1. The molecule has 3 rings (SSSR count). The van der Waals surface area contributed by atoms with Gasteiger partial charge in [-0.2, -0.15) is 5.26 Å². The van der Waals surface area contributed by atoms with Gasteiger partial charge in [-0.25, -0.2) is 8.42 Å². The van der Waals surface area contributed by atoms with E-state index < -0.39 is 16.4 Å². The zero-order valence-corrected chi connectivity index (χ0v) is 19.1. The Bertz CT molecular complexity index is 1030. The van der Waals surface area contributed by atoms with Gasteiger partial charge in [0.05, 0.1) is 35.5 Å². The monoisotopic (exact) mass is 462 g/mol. The van der Waals surface area contributed by atoms with Crippen LogP contribution in [0.2, 0.25) is 5.02 Å². The number of rotatable bonds is 9. The Morgan fingerprint density at radius 3 is 2.68 bits per heavy atom. The molecule has 0 radical (unpaired) electrons. The molecular formula is C23H27ClN2O4S. The molecule has 1 N–H and O–H groups in total. The largest absolute Gasteiger partial charge is 0.493 e. The SMILES string of the molecule is CC1CC(COc2ccc(S(=O)(=O)CCO)cc2)CN1CCc1cc(Cl)cc(C#N)c1. The number of aliphatic hydroxyl groups excluding tert-OH is 1. The molecule has 1 aliphatic heterocycles. The predicted molar refractivity (Wildman–Crippen MR) is 120 cm³/mol. The van der Waals surface area contributed by atoms with Crippen LogP contribution in [0.15, 0.2) is 47.4 Å². The Labute approximate surface area is 188 Å². The van der Waals surface area contributed by atoms with Crippen molar-refractivity contribution in [2.45, 2.75) is 30.7 Å². The molecular weight excluding hydrogens is 436 g/mol. The summed E-state index contributed by atoms with van der Waals surface area (Å²) in [5, 5.41) is 18.6. The van der Waals surface area contributed by atoms with Crippen LogP contribution in [0.4, 0.5) is 0 Å². The molecule has 8 heteroatoms. The van der Waals surface area contributed by atoms with Gasteiger partial charge in [0.15, 0.2) is 9.84 Å². The topological polar surface area (TPSA) is 90.6 Å². The molecule has 1 heterocycles. The number of sulfone groups is 1. The Hall–Kier alpha value is -2.11. The van der Waals surface area contributed by atoms with Gasteiger partial charge in [0.1, 0.15) is 5.75 Å². The number of halogens is 1. The highest BCUT2D eigenvalue weighted by molar-refractivity contribution is 7.91. The summed E-state index contributed by atoms with van der Waals surface area (Å²) in [5.74, 6) is 0.745. The van der Waals surface area contributed by atoms with Gasteiger partial charge in [-0.05, 0) is 67.8 Å². The van der Waals surface area contributed by atoms with Gasteiger partial charge in [-0.15, -0.1) is 0 Å². The van der Waals surface area contributed by atoms with E-state index >= 15 is 0 Å². The fourth-order valence-electron chi connectivity index (χ4n) is 3.98. The minimum Gasteiger partial charge on any atom is -0.493 e. The first-order valence-electron chi connectivity index (χ1n) is 10.3. The number of nitrogens with zero attached hydrogens (tertiary/aromatic N) is 2. The van der Waals surface area contributed by atoms with Crippen LogP contribution in [-0.2, 0) is 16.3 Å². The van der Waals surface area contributed by atoms with Crippen molar-refractivity contribution in [2.75, 3.05) is 32.1 Å². The van der Waals surface area contributed by atoms with E-state index in [1.807, 2.05) is 12.1 Å². The fourth-order valence-corrected chi connectivity index (χ4v) is 5.26. The van der Waals surface area contributed by atoms with Crippen molar-refractivity contribution in [3.8, 4) is 11.8 Å². The van der Waals surface area contributed by atoms with Gasteiger partial charge < -0.3 is 9.84 Å². The zero-order chi connectivity index (χ0) is 22.4. The summed E-state index contributed by atoms with van der Waals surface area (Å²) in [7, 11) is -3.45. The van der Waals surface area contributed by atoms with Crippen molar-refractivity contribution in [1.82, 2.24) is 4.90 Å². The fraction of sp³-hybridized carbons (Fsp3) is 0.435. The molecule has 0 aliphatic carbocycles. The van der Waals surface area contributed by atoms with Crippen molar-refractivity contribution in [1.29, 1.82) is 5.26 Å². The summed E-state index contributed by atoms with van der Waals surface area (Å²) in [5.41, 5.74) is 1.64. The van der Waals surface area contributed by atoms with Crippen molar-refractivity contribution >= 4 is 21.4 Å². The van der Waals surface area contributed by atoms with Crippen molar-refractivity contribution < 1.29 is 18.3 Å². The average Bonchev–Trinajstić information content (AvgIpc) is 3.10. The van der Waals surface area contributed by atoms with Gasteiger partial charge in [-0.3, -0.25) is 4.90 Å². The quantitative estimate of drug-likeness (QED) is 0.614. The maximum absolute atomic E-state index is 12.0. The van der Waals surface area contributed by atoms with Gasteiger partial charge >= 0.3 is 0 Å². The molecule has 1 fully saturated rings. The second-order valence-corrected chi connectivity index (χ2v) is 10.5. The third kappa shape index (κ3) is 6.44. The zero-order valence-electron chi connectivity index (χ0n) is 17.5. The van der Waals surface area contributed by atoms with E-state index in [9.17, 15) is 8.42 Å². The predicted octanol–water partition coefficient (Wildman–Crippen LogP) is 3.31. The van der Waals surface area contributed by atoms with Crippen LogP contribution in [0, 0.1) is 17.2 Å². The number of ether oxygens (including phenoxy) is 1. The molecule has 31 heavy (non-hydrogen) atoms. The first-order valence-corrected chi connectivity index (χ1v) is 12.3. The first-order chi connectivity index (χ1) is 14.8. The number of hydrogen-bond acceptors (Lipinski definition) is 6. The molecule has 0 aromatic heterocycles. The molecule has 1 aliphatic rings. The summed E-state index contributed by atoms with van der Waals surface area (Å²) < 4.78 is 29.8. The minimum absolute atomic E-state index is 0.190. The third-order valence-corrected chi connectivity index (χ3v) is 7.52. The van der Waals surface area contributed by atoms with Crippen LogP contribution in [0.5, 0.6) is 5.75 Å². The number of hydrogen-bond donors (Lipinski definition) is 1. The van der Waals surface area contributed by atoms with Crippen molar-refractivity contribution in [3.63, 3.8) is 0 Å². The lowest BCUT2D eigenvalue weighted by molar-refractivity contribution is 0.234. The smallest absolute Gasteiger partial charge is 0.180 e. The highest BCUT2D eigenvalue weighted by Gasteiger charge is 2.29. The molecule has 2 atom stereocenters. The Kier molecular flexibility index (Phi) is 7.95. The molecule has 166 valence electrons. The Morgan fingerprint density at radius 2 is 2.00 bits per heavy atom. The van der Waals surface area contributed by atoms with E-state index in [-0.39, 0.29) is 10.6 Å². The van der Waals surface area contributed by atoms with Gasteiger partial charge in [-0.1, -0.05) is 11.6 Å². The molecule has 0 amide bonds. The normalized spacial score (nSPS) is 19.3. The van der Waals surface area contributed by atoms with Crippen LogP contribution in [0.25, 0.3) is 0 Å². The van der Waals surface area contributed by atoms with Gasteiger partial charge in [0, 0.05) is 30.1 Å². The maximum Gasteiger partial charge on any atom is 0.180 e. The molecule has 0 bridgehead atoms. The highest BCUT2D eigenvalue weighted by atomic mass is 35.5. The summed E-state index contributed by atoms with van der Waals surface area (Å²) >= 11 is 6.10. The number of likely N-dealkylation sites (tertiary alicyclic amines) is 1. The summed E-state index contributed by atoms with van der Waals surface area (Å²) in [6, 6.07) is 14.4. The Balaban J connectivity index is 1.50. The van der Waals surface area contributed by atoms with E-state index in [2.05, 4.69) is 17.9 Å². The van der Waals surface area contributed by atoms with E-state index in [0.29, 0.717) is 34.9 Å². The summed E-state index contributed by atoms with van der Waals surface area (Å²) in [6.45, 7) is 4.20. The van der Waals surface area contributed by atoms with Gasteiger partial charge in [0.2, 0.25) is 0 Å². The number of nitriles is 1. The lowest BCUT2D eigenvalue weighted by Gasteiger charge is -2.21. The van der Waals surface area contributed by atoms with E-state index in [0.717, 1.165) is 31.5 Å². The molecule has 0 saturated carbocycles. The third-order valence-electron chi connectivity index (χ3n) is 5.59. The first kappa shape index (κ1) is 23.6. The van der Waals surface area contributed by atoms with Crippen LogP contribution in [0.3, 0.4) is 0 Å². The Morgan fingerprint density at radius 1 is 1.26 bits per heavy atom. The molecule has 1 saturated heterocycles. The van der Waals surface area contributed by atoms with E-state index in [4.69, 9.17) is 26.7 Å².